The normalized spacial score (nSPS) is 10.1. The molecule has 1 N–H and O–H groups in total. The summed E-state index contributed by atoms with van der Waals surface area (Å²) in [7, 11) is 0. The third-order valence-electron chi connectivity index (χ3n) is 3.18. The number of carbonyl (C=O) groups excluding carboxylic acids is 1. The monoisotopic (exact) mass is 288 g/mol. The molecule has 0 saturated heterocycles. The summed E-state index contributed by atoms with van der Waals surface area (Å²) in [5.74, 6) is -0.314. The summed E-state index contributed by atoms with van der Waals surface area (Å²) in [4.78, 5) is 20.7. The fraction of sp³-hybridized carbons (Fsp3) is 0.0588. The number of nitrogens with zero attached hydrogens (tertiary/aromatic N) is 3. The van der Waals surface area contributed by atoms with Crippen LogP contribution in [0.3, 0.4) is 0 Å². The van der Waals surface area contributed by atoms with Gasteiger partial charge in [-0.05, 0) is 29.8 Å². The van der Waals surface area contributed by atoms with Crippen LogP contribution in [0.5, 0.6) is 0 Å². The molecule has 0 spiro atoms. The van der Waals surface area contributed by atoms with Gasteiger partial charge < -0.3 is 5.32 Å². The van der Waals surface area contributed by atoms with Crippen LogP contribution in [-0.4, -0.2) is 15.9 Å². The number of nitrogens with one attached hydrogen (secondary N) is 1. The van der Waals surface area contributed by atoms with E-state index in [0.717, 1.165) is 11.1 Å². The number of rotatable bonds is 3. The number of carbonyl (C=O) groups is 1. The molecule has 0 aliphatic heterocycles. The minimum atomic E-state index is -0.314. The quantitative estimate of drug-likeness (QED) is 0.803. The first kappa shape index (κ1) is 13.7. The lowest BCUT2D eigenvalue weighted by Crippen LogP contribution is -2.14. The molecule has 0 saturated carbocycles. The summed E-state index contributed by atoms with van der Waals surface area (Å²) in [5, 5.41) is 11.4. The van der Waals surface area contributed by atoms with Crippen molar-refractivity contribution in [3.05, 3.63) is 66.0 Å². The van der Waals surface area contributed by atoms with E-state index in [9.17, 15) is 4.79 Å². The number of benzene rings is 2. The van der Waals surface area contributed by atoms with Crippen molar-refractivity contribution >= 4 is 22.6 Å². The molecule has 0 radical (unpaired) electrons. The molecule has 0 unspecified atom stereocenters. The maximum absolute atomic E-state index is 12.2. The second-order valence-corrected chi connectivity index (χ2v) is 4.73. The summed E-state index contributed by atoms with van der Waals surface area (Å²) in [5.41, 5.74) is 3.26. The first-order valence-electron chi connectivity index (χ1n) is 6.75. The van der Waals surface area contributed by atoms with Gasteiger partial charge in [0.1, 0.15) is 5.69 Å². The molecule has 1 amide bonds. The highest BCUT2D eigenvalue weighted by Gasteiger charge is 2.09. The van der Waals surface area contributed by atoms with Crippen LogP contribution in [0.4, 0.5) is 5.69 Å². The SMILES string of the molecule is N#CCc1ccc(NC(=O)c2cnc3ccccc3n2)cc1. The predicted octanol–water partition coefficient (Wildman–Crippen LogP) is 2.95. The molecule has 22 heavy (non-hydrogen) atoms. The number of fused-ring (bicyclic) bond motifs is 1. The van der Waals surface area contributed by atoms with Gasteiger partial charge in [-0.3, -0.25) is 9.78 Å². The molecule has 106 valence electrons. The van der Waals surface area contributed by atoms with Gasteiger partial charge in [0.2, 0.25) is 0 Å². The summed E-state index contributed by atoms with van der Waals surface area (Å²) >= 11 is 0. The maximum atomic E-state index is 12.2. The van der Waals surface area contributed by atoms with Gasteiger partial charge in [0, 0.05) is 5.69 Å². The highest BCUT2D eigenvalue weighted by atomic mass is 16.1. The Hall–Kier alpha value is -3.26. The Balaban J connectivity index is 1.79. The first-order chi connectivity index (χ1) is 10.8. The van der Waals surface area contributed by atoms with Crippen molar-refractivity contribution in [1.82, 2.24) is 9.97 Å². The second-order valence-electron chi connectivity index (χ2n) is 4.73. The molecule has 3 rings (SSSR count). The lowest BCUT2D eigenvalue weighted by atomic mass is 10.1. The summed E-state index contributed by atoms with van der Waals surface area (Å²) in [6.45, 7) is 0. The van der Waals surface area contributed by atoms with Crippen molar-refractivity contribution in [2.45, 2.75) is 6.42 Å². The Bertz CT molecular complexity index is 866. The number of para-hydroxylation sites is 2. The van der Waals surface area contributed by atoms with E-state index in [2.05, 4.69) is 21.4 Å². The lowest BCUT2D eigenvalue weighted by molar-refractivity contribution is 0.102. The van der Waals surface area contributed by atoms with Gasteiger partial charge in [0.25, 0.3) is 5.91 Å². The van der Waals surface area contributed by atoms with Gasteiger partial charge in [-0.25, -0.2) is 4.98 Å². The Morgan fingerprint density at radius 3 is 2.55 bits per heavy atom. The Morgan fingerprint density at radius 1 is 1.09 bits per heavy atom. The van der Waals surface area contributed by atoms with Crippen molar-refractivity contribution in [2.24, 2.45) is 0 Å². The minimum absolute atomic E-state index is 0.264. The topological polar surface area (TPSA) is 78.7 Å². The number of nitriles is 1. The van der Waals surface area contributed by atoms with Crippen LogP contribution in [0.2, 0.25) is 0 Å². The number of amides is 1. The zero-order chi connectivity index (χ0) is 15.4. The van der Waals surface area contributed by atoms with Crippen molar-refractivity contribution in [3.8, 4) is 6.07 Å². The molecule has 1 heterocycles. The van der Waals surface area contributed by atoms with E-state index < -0.39 is 0 Å². The first-order valence-corrected chi connectivity index (χ1v) is 6.75. The predicted molar refractivity (Wildman–Crippen MR) is 83.3 cm³/mol. The van der Waals surface area contributed by atoms with Gasteiger partial charge in [-0.2, -0.15) is 5.26 Å². The van der Waals surface area contributed by atoms with Crippen LogP contribution in [0.1, 0.15) is 16.1 Å². The Kier molecular flexibility index (Phi) is 3.75. The van der Waals surface area contributed by atoms with E-state index in [4.69, 9.17) is 5.26 Å². The standard InChI is InChI=1S/C17H12N4O/c18-10-9-12-5-7-13(8-6-12)20-17(22)16-11-19-14-3-1-2-4-15(14)21-16/h1-8,11H,9H2,(H,20,22). The molecular formula is C17H12N4O. The van der Waals surface area contributed by atoms with Gasteiger partial charge >= 0.3 is 0 Å². The van der Waals surface area contributed by atoms with Gasteiger partial charge in [-0.15, -0.1) is 0 Å². The molecule has 1 aromatic heterocycles. The fourth-order valence-electron chi connectivity index (χ4n) is 2.06. The zero-order valence-corrected chi connectivity index (χ0v) is 11.7. The van der Waals surface area contributed by atoms with Crippen molar-refractivity contribution in [1.29, 1.82) is 5.26 Å². The average Bonchev–Trinajstić information content (AvgIpc) is 2.56. The van der Waals surface area contributed by atoms with E-state index in [1.165, 1.54) is 6.20 Å². The molecule has 0 aliphatic rings. The molecule has 2 aromatic carbocycles. The molecule has 5 heteroatoms. The Morgan fingerprint density at radius 2 is 1.82 bits per heavy atom. The van der Waals surface area contributed by atoms with Gasteiger partial charge in [0.05, 0.1) is 29.7 Å². The summed E-state index contributed by atoms with van der Waals surface area (Å²) in [6, 6.07) is 16.6. The molecule has 0 fully saturated rings. The van der Waals surface area contributed by atoms with Crippen molar-refractivity contribution < 1.29 is 4.79 Å². The second kappa shape index (κ2) is 6.02. The largest absolute Gasteiger partial charge is 0.321 e. The van der Waals surface area contributed by atoms with Crippen LogP contribution >= 0.6 is 0 Å². The van der Waals surface area contributed by atoms with Crippen LogP contribution in [0, 0.1) is 11.3 Å². The third-order valence-corrected chi connectivity index (χ3v) is 3.18. The van der Waals surface area contributed by atoms with E-state index in [1.807, 2.05) is 36.4 Å². The molecule has 5 nitrogen and oxygen atoms in total. The molecule has 0 atom stereocenters. The van der Waals surface area contributed by atoms with E-state index >= 15 is 0 Å². The number of aromatic nitrogens is 2. The number of hydrogen-bond donors (Lipinski definition) is 1. The summed E-state index contributed by atoms with van der Waals surface area (Å²) in [6.07, 6.45) is 1.81. The zero-order valence-electron chi connectivity index (χ0n) is 11.7. The number of anilines is 1. The van der Waals surface area contributed by atoms with E-state index in [-0.39, 0.29) is 11.6 Å². The maximum Gasteiger partial charge on any atom is 0.275 e. The highest BCUT2D eigenvalue weighted by molar-refractivity contribution is 6.03. The highest BCUT2D eigenvalue weighted by Crippen LogP contribution is 2.13. The smallest absolute Gasteiger partial charge is 0.275 e. The van der Waals surface area contributed by atoms with Crippen LogP contribution in [0.15, 0.2) is 54.7 Å². The summed E-state index contributed by atoms with van der Waals surface area (Å²) < 4.78 is 0. The van der Waals surface area contributed by atoms with Crippen LogP contribution in [-0.2, 0) is 6.42 Å². The minimum Gasteiger partial charge on any atom is -0.321 e. The molecule has 3 aromatic rings. The fourth-order valence-corrected chi connectivity index (χ4v) is 2.06. The van der Waals surface area contributed by atoms with E-state index in [1.54, 1.807) is 12.1 Å². The van der Waals surface area contributed by atoms with Crippen LogP contribution < -0.4 is 5.32 Å². The number of hydrogen-bond acceptors (Lipinski definition) is 4. The van der Waals surface area contributed by atoms with E-state index in [0.29, 0.717) is 17.6 Å². The van der Waals surface area contributed by atoms with Gasteiger partial charge in [0.15, 0.2) is 0 Å². The molecule has 0 bridgehead atoms. The third kappa shape index (κ3) is 2.91. The lowest BCUT2D eigenvalue weighted by Gasteiger charge is -2.06. The molecular weight excluding hydrogens is 276 g/mol. The van der Waals surface area contributed by atoms with Crippen molar-refractivity contribution in [2.75, 3.05) is 5.32 Å². The average molecular weight is 288 g/mol. The Labute approximate surface area is 127 Å². The molecule has 0 aliphatic carbocycles. The van der Waals surface area contributed by atoms with Crippen LogP contribution in [0.25, 0.3) is 11.0 Å². The van der Waals surface area contributed by atoms with Gasteiger partial charge in [-0.1, -0.05) is 24.3 Å². The van der Waals surface area contributed by atoms with Crippen molar-refractivity contribution in [3.63, 3.8) is 0 Å².